The second-order valence-corrected chi connectivity index (χ2v) is 4.12. The van der Waals surface area contributed by atoms with Crippen molar-refractivity contribution in [1.29, 1.82) is 0 Å². The maximum absolute atomic E-state index is 5.26. The van der Waals surface area contributed by atoms with Gasteiger partial charge in [-0.15, -0.1) is 12.3 Å². The Morgan fingerprint density at radius 3 is 1.81 bits per heavy atom. The Bertz CT molecular complexity index is 180. The molecule has 0 bridgehead atoms. The molecule has 0 rings (SSSR count). The molecule has 0 atom stereocenters. The zero-order valence-electron chi connectivity index (χ0n) is 11.3. The number of hydrogen-bond donors (Lipinski definition) is 0. The molecule has 0 radical (unpaired) electrons. The van der Waals surface area contributed by atoms with Gasteiger partial charge in [0.15, 0.2) is 0 Å². The van der Waals surface area contributed by atoms with E-state index >= 15 is 0 Å². The molecule has 2 heteroatoms. The Morgan fingerprint density at radius 1 is 0.812 bits per heavy atom. The molecule has 0 saturated carbocycles. The van der Waals surface area contributed by atoms with Crippen LogP contribution >= 0.6 is 0 Å². The average Bonchev–Trinajstić information content (AvgIpc) is 2.32. The third-order valence-corrected chi connectivity index (χ3v) is 3.09. The van der Waals surface area contributed by atoms with Crippen LogP contribution in [0.5, 0.6) is 0 Å². The van der Waals surface area contributed by atoms with Crippen LogP contribution in [0.2, 0.25) is 0 Å². The molecule has 0 aromatic carbocycles. The largest absolute Gasteiger partial charge is 0.304 e. The molecule has 0 spiro atoms. The van der Waals surface area contributed by atoms with Crippen molar-refractivity contribution in [3.63, 3.8) is 0 Å². The van der Waals surface area contributed by atoms with Crippen LogP contribution in [-0.4, -0.2) is 49.1 Å². The smallest absolute Gasteiger partial charge is 0.00982 e. The minimum Gasteiger partial charge on any atom is -0.304 e. The van der Waals surface area contributed by atoms with E-state index in [1.807, 2.05) is 0 Å². The van der Waals surface area contributed by atoms with E-state index in [9.17, 15) is 0 Å². The molecule has 0 aliphatic carbocycles. The second kappa shape index (κ2) is 11.0. The number of unbranched alkanes of at least 4 members (excludes halogenated alkanes) is 1. The minimum atomic E-state index is 0.909. The number of nitrogens with zero attached hydrogens (tertiary/aromatic N) is 2. The Hall–Kier alpha value is -0.520. The van der Waals surface area contributed by atoms with Crippen molar-refractivity contribution in [3.8, 4) is 12.3 Å². The van der Waals surface area contributed by atoms with Crippen molar-refractivity contribution < 1.29 is 0 Å². The van der Waals surface area contributed by atoms with Crippen LogP contribution in [0.1, 0.15) is 40.0 Å². The summed E-state index contributed by atoms with van der Waals surface area (Å²) in [5, 5.41) is 0. The van der Waals surface area contributed by atoms with Crippen LogP contribution in [0.25, 0.3) is 0 Å². The number of rotatable bonds is 10. The van der Waals surface area contributed by atoms with E-state index in [0.29, 0.717) is 0 Å². The molecule has 0 aromatic rings. The lowest BCUT2D eigenvalue weighted by Crippen LogP contribution is -2.30. The average molecular weight is 224 g/mol. The van der Waals surface area contributed by atoms with Crippen molar-refractivity contribution in [3.05, 3.63) is 0 Å². The Kier molecular flexibility index (Phi) is 10.6. The molecule has 0 aliphatic rings. The summed E-state index contributed by atoms with van der Waals surface area (Å²) in [6.45, 7) is 13.7. The van der Waals surface area contributed by atoms with Crippen LogP contribution in [0.3, 0.4) is 0 Å². The van der Waals surface area contributed by atoms with E-state index < -0.39 is 0 Å². The maximum atomic E-state index is 5.26. The van der Waals surface area contributed by atoms with Gasteiger partial charge < -0.3 is 9.80 Å². The first-order valence-electron chi connectivity index (χ1n) is 6.66. The quantitative estimate of drug-likeness (QED) is 0.415. The van der Waals surface area contributed by atoms with Crippen LogP contribution in [-0.2, 0) is 0 Å². The van der Waals surface area contributed by atoms with E-state index in [2.05, 4.69) is 36.5 Å². The van der Waals surface area contributed by atoms with Gasteiger partial charge in [0.05, 0.1) is 0 Å². The van der Waals surface area contributed by atoms with Crippen molar-refractivity contribution in [2.75, 3.05) is 39.3 Å². The van der Waals surface area contributed by atoms with Gasteiger partial charge in [0.2, 0.25) is 0 Å². The normalized spacial score (nSPS) is 11.0. The van der Waals surface area contributed by atoms with Crippen molar-refractivity contribution in [2.24, 2.45) is 0 Å². The predicted molar refractivity (Wildman–Crippen MR) is 72.6 cm³/mol. The van der Waals surface area contributed by atoms with Crippen molar-refractivity contribution in [1.82, 2.24) is 9.80 Å². The lowest BCUT2D eigenvalue weighted by Gasteiger charge is -2.23. The van der Waals surface area contributed by atoms with Gasteiger partial charge in [-0.1, -0.05) is 20.8 Å². The Labute approximate surface area is 102 Å². The first-order chi connectivity index (χ1) is 7.78. The molecule has 94 valence electrons. The van der Waals surface area contributed by atoms with E-state index in [4.69, 9.17) is 6.42 Å². The highest BCUT2D eigenvalue weighted by atomic mass is 15.1. The van der Waals surface area contributed by atoms with Gasteiger partial charge in [0.25, 0.3) is 0 Å². The minimum absolute atomic E-state index is 0.909. The van der Waals surface area contributed by atoms with Gasteiger partial charge in [-0.05, 0) is 52.1 Å². The molecule has 0 saturated heterocycles. The summed E-state index contributed by atoms with van der Waals surface area (Å²) >= 11 is 0. The zero-order valence-corrected chi connectivity index (χ0v) is 11.3. The van der Waals surface area contributed by atoms with E-state index in [1.54, 1.807) is 0 Å². The first-order valence-corrected chi connectivity index (χ1v) is 6.66. The Balaban J connectivity index is 3.58. The van der Waals surface area contributed by atoms with E-state index in [-0.39, 0.29) is 0 Å². The Morgan fingerprint density at radius 2 is 1.31 bits per heavy atom. The lowest BCUT2D eigenvalue weighted by atomic mass is 10.2. The molecule has 0 N–H and O–H groups in total. The number of hydrogen-bond acceptors (Lipinski definition) is 2. The van der Waals surface area contributed by atoms with Gasteiger partial charge in [0, 0.05) is 6.42 Å². The molecule has 0 fully saturated rings. The summed E-state index contributed by atoms with van der Waals surface area (Å²) < 4.78 is 0. The van der Waals surface area contributed by atoms with Gasteiger partial charge in [0.1, 0.15) is 0 Å². The van der Waals surface area contributed by atoms with Gasteiger partial charge >= 0.3 is 0 Å². The summed E-state index contributed by atoms with van der Waals surface area (Å²) in [6, 6.07) is 0. The summed E-state index contributed by atoms with van der Waals surface area (Å²) in [5.74, 6) is 2.70. The van der Waals surface area contributed by atoms with Crippen LogP contribution in [0.15, 0.2) is 0 Å². The molecule has 0 heterocycles. The summed E-state index contributed by atoms with van der Waals surface area (Å²) in [6.07, 6.45) is 8.57. The fourth-order valence-corrected chi connectivity index (χ4v) is 1.89. The molecular formula is C14H28N2. The third kappa shape index (κ3) is 7.73. The predicted octanol–water partition coefficient (Wildman–Crippen LogP) is 2.45. The topological polar surface area (TPSA) is 6.48 Å². The second-order valence-electron chi connectivity index (χ2n) is 4.12. The standard InChI is InChI=1S/C14H28N2/c1-5-9-10-12-16(8-4)14-11-13-15(6-2)7-3/h1H,6-14H2,2-4H3. The monoisotopic (exact) mass is 224 g/mol. The van der Waals surface area contributed by atoms with Crippen LogP contribution in [0.4, 0.5) is 0 Å². The fourth-order valence-electron chi connectivity index (χ4n) is 1.89. The van der Waals surface area contributed by atoms with E-state index in [1.165, 1.54) is 32.6 Å². The van der Waals surface area contributed by atoms with Crippen molar-refractivity contribution >= 4 is 0 Å². The van der Waals surface area contributed by atoms with Gasteiger partial charge in [-0.3, -0.25) is 0 Å². The molecule has 16 heavy (non-hydrogen) atoms. The van der Waals surface area contributed by atoms with Crippen molar-refractivity contribution in [2.45, 2.75) is 40.0 Å². The van der Waals surface area contributed by atoms with E-state index in [0.717, 1.165) is 25.9 Å². The van der Waals surface area contributed by atoms with Gasteiger partial charge in [-0.25, -0.2) is 0 Å². The number of terminal acetylenes is 1. The summed E-state index contributed by atoms with van der Waals surface area (Å²) in [5.41, 5.74) is 0. The fraction of sp³-hybridized carbons (Fsp3) is 0.857. The molecular weight excluding hydrogens is 196 g/mol. The molecule has 0 unspecified atom stereocenters. The molecule has 2 nitrogen and oxygen atoms in total. The molecule has 0 aromatic heterocycles. The van der Waals surface area contributed by atoms with Gasteiger partial charge in [-0.2, -0.15) is 0 Å². The molecule has 0 amide bonds. The maximum Gasteiger partial charge on any atom is 0.00982 e. The third-order valence-electron chi connectivity index (χ3n) is 3.09. The molecule has 0 aliphatic heterocycles. The van der Waals surface area contributed by atoms with Crippen LogP contribution in [0, 0.1) is 12.3 Å². The zero-order chi connectivity index (χ0) is 12.2. The highest BCUT2D eigenvalue weighted by Crippen LogP contribution is 1.98. The SMILES string of the molecule is C#CCCCN(CC)CCCN(CC)CC. The summed E-state index contributed by atoms with van der Waals surface area (Å²) in [7, 11) is 0. The highest BCUT2D eigenvalue weighted by Gasteiger charge is 2.03. The summed E-state index contributed by atoms with van der Waals surface area (Å²) in [4.78, 5) is 4.98. The van der Waals surface area contributed by atoms with Crippen LogP contribution < -0.4 is 0 Å². The lowest BCUT2D eigenvalue weighted by molar-refractivity contribution is 0.242. The highest BCUT2D eigenvalue weighted by molar-refractivity contribution is 4.83. The first kappa shape index (κ1) is 15.5.